The molecule has 0 heterocycles. The van der Waals surface area contributed by atoms with Gasteiger partial charge in [-0.2, -0.15) is 18.3 Å². The summed E-state index contributed by atoms with van der Waals surface area (Å²) in [4.78, 5) is 24.2. The van der Waals surface area contributed by atoms with Crippen molar-refractivity contribution in [2.75, 3.05) is 6.54 Å². The van der Waals surface area contributed by atoms with Gasteiger partial charge in [0.1, 0.15) is 0 Å². The quantitative estimate of drug-likeness (QED) is 0.507. The number of hydrogen-bond donors (Lipinski definition) is 2. The van der Waals surface area contributed by atoms with Gasteiger partial charge < -0.3 is 5.32 Å². The van der Waals surface area contributed by atoms with Crippen molar-refractivity contribution in [1.82, 2.24) is 10.7 Å². The molecule has 0 aromatic heterocycles. The van der Waals surface area contributed by atoms with E-state index in [0.717, 1.165) is 23.1 Å². The molecule has 0 fully saturated rings. The van der Waals surface area contributed by atoms with Crippen LogP contribution in [0.15, 0.2) is 71.8 Å². The normalized spacial score (nSPS) is 11.6. The summed E-state index contributed by atoms with van der Waals surface area (Å²) in [6.07, 6.45) is -3.62. The Morgan fingerprint density at radius 1 is 0.931 bits per heavy atom. The minimum atomic E-state index is -4.53. The van der Waals surface area contributed by atoms with Crippen LogP contribution < -0.4 is 10.7 Å². The maximum absolute atomic E-state index is 12.9. The van der Waals surface area contributed by atoms with E-state index in [0.29, 0.717) is 5.56 Å². The average molecular weight is 399 g/mol. The highest BCUT2D eigenvalue weighted by Gasteiger charge is 2.32. The van der Waals surface area contributed by atoms with E-state index in [2.05, 4.69) is 15.8 Å². The fourth-order valence-corrected chi connectivity index (χ4v) is 2.76. The van der Waals surface area contributed by atoms with Gasteiger partial charge >= 0.3 is 6.18 Å². The van der Waals surface area contributed by atoms with Gasteiger partial charge in [0.25, 0.3) is 11.8 Å². The van der Waals surface area contributed by atoms with Crippen molar-refractivity contribution in [3.63, 3.8) is 0 Å². The van der Waals surface area contributed by atoms with Gasteiger partial charge in [-0.1, -0.05) is 54.6 Å². The van der Waals surface area contributed by atoms with Gasteiger partial charge in [0.05, 0.1) is 18.3 Å². The van der Waals surface area contributed by atoms with Crippen LogP contribution in [0.25, 0.3) is 10.8 Å². The number of nitrogens with one attached hydrogen (secondary N) is 2. The van der Waals surface area contributed by atoms with E-state index in [-0.39, 0.29) is 12.1 Å². The predicted molar refractivity (Wildman–Crippen MR) is 103 cm³/mol. The Morgan fingerprint density at radius 2 is 1.62 bits per heavy atom. The lowest BCUT2D eigenvalue weighted by atomic mass is 10.0. The number of nitrogens with zero attached hydrogens (tertiary/aromatic N) is 1. The number of hydrogen-bond acceptors (Lipinski definition) is 3. The summed E-state index contributed by atoms with van der Waals surface area (Å²) in [7, 11) is 0. The number of carbonyl (C=O) groups is 2. The molecule has 0 aliphatic carbocycles. The Labute approximate surface area is 164 Å². The van der Waals surface area contributed by atoms with Crippen molar-refractivity contribution in [3.05, 3.63) is 83.4 Å². The summed E-state index contributed by atoms with van der Waals surface area (Å²) in [6, 6.07) is 17.4. The third kappa shape index (κ3) is 4.98. The molecular weight excluding hydrogens is 383 g/mol. The Kier molecular flexibility index (Phi) is 5.92. The lowest BCUT2D eigenvalue weighted by Gasteiger charge is -2.09. The molecule has 3 aromatic carbocycles. The molecule has 0 radical (unpaired) electrons. The van der Waals surface area contributed by atoms with Crippen molar-refractivity contribution in [2.24, 2.45) is 5.10 Å². The second-order valence-electron chi connectivity index (χ2n) is 6.09. The summed E-state index contributed by atoms with van der Waals surface area (Å²) < 4.78 is 38.8. The van der Waals surface area contributed by atoms with Crippen LogP contribution >= 0.6 is 0 Å². The third-order valence-electron chi connectivity index (χ3n) is 4.10. The predicted octanol–water partition coefficient (Wildman–Crippen LogP) is 3.74. The van der Waals surface area contributed by atoms with E-state index in [1.807, 2.05) is 18.2 Å². The molecule has 148 valence electrons. The van der Waals surface area contributed by atoms with Crippen LogP contribution in [0.4, 0.5) is 13.2 Å². The van der Waals surface area contributed by atoms with Gasteiger partial charge in [0, 0.05) is 11.1 Å². The Morgan fingerprint density at radius 3 is 2.41 bits per heavy atom. The van der Waals surface area contributed by atoms with Crippen molar-refractivity contribution < 1.29 is 22.8 Å². The summed E-state index contributed by atoms with van der Waals surface area (Å²) in [5, 5.41) is 7.64. The molecule has 3 aromatic rings. The number of carbonyl (C=O) groups excluding carboxylic acids is 2. The average Bonchev–Trinajstić information content (AvgIpc) is 2.71. The Hall–Kier alpha value is -3.68. The molecule has 0 unspecified atom stereocenters. The van der Waals surface area contributed by atoms with Crippen molar-refractivity contribution in [3.8, 4) is 0 Å². The van der Waals surface area contributed by atoms with E-state index in [1.54, 1.807) is 24.3 Å². The molecule has 2 N–H and O–H groups in total. The summed E-state index contributed by atoms with van der Waals surface area (Å²) in [5.74, 6) is -1.11. The van der Waals surface area contributed by atoms with Gasteiger partial charge in [-0.25, -0.2) is 5.43 Å². The lowest BCUT2D eigenvalue weighted by Crippen LogP contribution is -2.35. The van der Waals surface area contributed by atoms with Gasteiger partial charge in [0.15, 0.2) is 0 Å². The van der Waals surface area contributed by atoms with Crippen LogP contribution in [0.5, 0.6) is 0 Å². The highest BCUT2D eigenvalue weighted by atomic mass is 19.4. The van der Waals surface area contributed by atoms with E-state index in [9.17, 15) is 22.8 Å². The molecule has 0 spiro atoms. The first-order chi connectivity index (χ1) is 13.9. The molecule has 0 atom stereocenters. The van der Waals surface area contributed by atoms with Crippen LogP contribution in [-0.2, 0) is 11.0 Å². The molecular formula is C21H16F3N3O2. The van der Waals surface area contributed by atoms with Crippen LogP contribution in [0.2, 0.25) is 0 Å². The largest absolute Gasteiger partial charge is 0.417 e. The molecule has 0 aliphatic rings. The molecule has 0 saturated heterocycles. The van der Waals surface area contributed by atoms with Crippen LogP contribution in [0.3, 0.4) is 0 Å². The van der Waals surface area contributed by atoms with Gasteiger partial charge in [0.2, 0.25) is 0 Å². The number of alkyl halides is 3. The van der Waals surface area contributed by atoms with Crippen LogP contribution in [0, 0.1) is 0 Å². The highest BCUT2D eigenvalue weighted by molar-refractivity contribution is 6.07. The van der Waals surface area contributed by atoms with E-state index < -0.39 is 23.6 Å². The van der Waals surface area contributed by atoms with Crippen LogP contribution in [0.1, 0.15) is 21.5 Å². The van der Waals surface area contributed by atoms with E-state index in [1.165, 1.54) is 18.2 Å². The first kappa shape index (κ1) is 20.1. The summed E-state index contributed by atoms with van der Waals surface area (Å²) >= 11 is 0. The molecule has 0 saturated carbocycles. The third-order valence-corrected chi connectivity index (χ3v) is 4.10. The number of halogens is 3. The lowest BCUT2D eigenvalue weighted by molar-refractivity contribution is -0.137. The van der Waals surface area contributed by atoms with Crippen molar-refractivity contribution in [1.29, 1.82) is 0 Å². The maximum Gasteiger partial charge on any atom is 0.417 e. The SMILES string of the molecule is O=C(CNC(=O)c1cccc2ccccc12)NN=Cc1ccccc1C(F)(F)F. The fourth-order valence-electron chi connectivity index (χ4n) is 2.76. The van der Waals surface area contributed by atoms with E-state index in [4.69, 9.17) is 0 Å². The zero-order valence-corrected chi connectivity index (χ0v) is 15.0. The second-order valence-corrected chi connectivity index (χ2v) is 6.09. The zero-order valence-electron chi connectivity index (χ0n) is 15.0. The standard InChI is InChI=1S/C21H16F3N3O2/c22-21(23,24)18-11-4-2-7-15(18)12-26-27-19(28)13-25-20(29)17-10-5-8-14-6-1-3-9-16(14)17/h1-12H,13H2,(H,25,29)(H,27,28). The summed E-state index contributed by atoms with van der Waals surface area (Å²) in [5.41, 5.74) is 1.48. The van der Waals surface area contributed by atoms with Gasteiger partial charge in [-0.15, -0.1) is 0 Å². The van der Waals surface area contributed by atoms with Gasteiger partial charge in [-0.3, -0.25) is 9.59 Å². The number of benzene rings is 3. The van der Waals surface area contributed by atoms with Gasteiger partial charge in [-0.05, 0) is 22.9 Å². The first-order valence-electron chi connectivity index (χ1n) is 8.60. The minimum absolute atomic E-state index is 0.180. The Balaban J connectivity index is 1.59. The number of fused-ring (bicyclic) bond motifs is 1. The molecule has 5 nitrogen and oxygen atoms in total. The highest BCUT2D eigenvalue weighted by Crippen LogP contribution is 2.31. The Bertz CT molecular complexity index is 1070. The number of hydrazone groups is 1. The fraction of sp³-hybridized carbons (Fsp3) is 0.0952. The molecule has 29 heavy (non-hydrogen) atoms. The molecule has 8 heteroatoms. The monoisotopic (exact) mass is 399 g/mol. The minimum Gasteiger partial charge on any atom is -0.343 e. The smallest absolute Gasteiger partial charge is 0.343 e. The van der Waals surface area contributed by atoms with E-state index >= 15 is 0 Å². The maximum atomic E-state index is 12.9. The number of rotatable bonds is 5. The van der Waals surface area contributed by atoms with Crippen molar-refractivity contribution >= 4 is 28.8 Å². The molecule has 0 bridgehead atoms. The number of amides is 2. The summed E-state index contributed by atoms with van der Waals surface area (Å²) in [6.45, 7) is -0.375. The topological polar surface area (TPSA) is 70.6 Å². The second kappa shape index (κ2) is 8.55. The molecule has 2 amide bonds. The zero-order chi connectivity index (χ0) is 20.9. The molecule has 3 rings (SSSR count). The van der Waals surface area contributed by atoms with Crippen molar-refractivity contribution in [2.45, 2.75) is 6.18 Å². The first-order valence-corrected chi connectivity index (χ1v) is 8.60. The molecule has 0 aliphatic heterocycles. The van der Waals surface area contributed by atoms with Crippen LogP contribution in [-0.4, -0.2) is 24.6 Å².